The highest BCUT2D eigenvalue weighted by Gasteiger charge is 2.21. The highest BCUT2D eigenvalue weighted by Crippen LogP contribution is 2.34. The molecule has 1 N–H and O–H groups in total. The van der Waals surface area contributed by atoms with Crippen molar-refractivity contribution >= 4 is 56.9 Å². The van der Waals surface area contributed by atoms with Crippen LogP contribution in [0.2, 0.25) is 5.02 Å². The highest BCUT2D eigenvalue weighted by atomic mass is 35.5. The second kappa shape index (κ2) is 10.2. The van der Waals surface area contributed by atoms with Gasteiger partial charge in [0.25, 0.3) is 0 Å². The maximum atomic E-state index is 11.9. The summed E-state index contributed by atoms with van der Waals surface area (Å²) in [5.41, 5.74) is 3.95. The SMILES string of the molecule is C=CC(=O)N1CCN(c2ccc3ncnc(Nc4ccc(Oc5ccc6c(c5)ncn6C)c(Cl)c4)c3n2)CC1. The van der Waals surface area contributed by atoms with Crippen molar-refractivity contribution in [1.29, 1.82) is 0 Å². The summed E-state index contributed by atoms with van der Waals surface area (Å²) in [5.74, 6) is 2.49. The number of hydrogen-bond donors (Lipinski definition) is 1. The summed E-state index contributed by atoms with van der Waals surface area (Å²) in [6.07, 6.45) is 4.62. The zero-order chi connectivity index (χ0) is 26.9. The molecule has 0 bridgehead atoms. The Hall–Kier alpha value is -4.70. The van der Waals surface area contributed by atoms with Crippen molar-refractivity contribution in [2.75, 3.05) is 36.4 Å². The van der Waals surface area contributed by atoms with Gasteiger partial charge in [-0.3, -0.25) is 4.79 Å². The molecule has 0 atom stereocenters. The number of ether oxygens (including phenoxy) is 1. The fraction of sp³-hybridized carbons (Fsp3) is 0.179. The largest absolute Gasteiger partial charge is 0.456 e. The van der Waals surface area contributed by atoms with Crippen LogP contribution in [0.3, 0.4) is 0 Å². The van der Waals surface area contributed by atoms with Crippen LogP contribution in [0, 0.1) is 0 Å². The van der Waals surface area contributed by atoms with Crippen LogP contribution in [-0.4, -0.2) is 61.5 Å². The summed E-state index contributed by atoms with van der Waals surface area (Å²) < 4.78 is 7.98. The Morgan fingerprint density at radius 2 is 1.87 bits per heavy atom. The predicted molar refractivity (Wildman–Crippen MR) is 152 cm³/mol. The minimum Gasteiger partial charge on any atom is -0.456 e. The average Bonchev–Trinajstić information content (AvgIpc) is 3.34. The van der Waals surface area contributed by atoms with Gasteiger partial charge in [0.1, 0.15) is 29.2 Å². The zero-order valence-electron chi connectivity index (χ0n) is 21.2. The number of amides is 1. The lowest BCUT2D eigenvalue weighted by Gasteiger charge is -2.35. The van der Waals surface area contributed by atoms with Gasteiger partial charge >= 0.3 is 0 Å². The van der Waals surface area contributed by atoms with Crippen LogP contribution in [0.15, 0.2) is 73.8 Å². The Kier molecular flexibility index (Phi) is 6.45. The molecule has 2 aromatic carbocycles. The third-order valence-electron chi connectivity index (χ3n) is 6.68. The number of benzene rings is 2. The first kappa shape index (κ1) is 24.6. The lowest BCUT2D eigenvalue weighted by Crippen LogP contribution is -2.48. The van der Waals surface area contributed by atoms with Crippen LogP contribution in [0.25, 0.3) is 22.1 Å². The quantitative estimate of drug-likeness (QED) is 0.302. The minimum absolute atomic E-state index is 0.0506. The van der Waals surface area contributed by atoms with Gasteiger partial charge in [0, 0.05) is 45.0 Å². The van der Waals surface area contributed by atoms with Crippen molar-refractivity contribution in [3.05, 3.63) is 78.9 Å². The monoisotopic (exact) mass is 540 g/mol. The fourth-order valence-electron chi connectivity index (χ4n) is 4.59. The van der Waals surface area contributed by atoms with Crippen LogP contribution < -0.4 is 15.0 Å². The number of nitrogens with zero attached hydrogens (tertiary/aromatic N) is 7. The summed E-state index contributed by atoms with van der Waals surface area (Å²) in [4.78, 5) is 33.9. The molecule has 5 aromatic rings. The molecule has 11 heteroatoms. The molecule has 6 rings (SSSR count). The van der Waals surface area contributed by atoms with E-state index in [1.165, 1.54) is 12.4 Å². The molecule has 196 valence electrons. The first-order chi connectivity index (χ1) is 19.0. The number of aryl methyl sites for hydroxylation is 1. The number of hydrogen-bond acceptors (Lipinski definition) is 8. The summed E-state index contributed by atoms with van der Waals surface area (Å²) >= 11 is 6.58. The highest BCUT2D eigenvalue weighted by molar-refractivity contribution is 6.32. The number of nitrogens with one attached hydrogen (secondary N) is 1. The summed E-state index contributed by atoms with van der Waals surface area (Å²) in [6, 6.07) is 15.1. The van der Waals surface area contributed by atoms with E-state index in [1.807, 2.05) is 48.0 Å². The van der Waals surface area contributed by atoms with Crippen LogP contribution in [-0.2, 0) is 11.8 Å². The standard InChI is InChI=1S/C28H25ClN8O2/c1-3-26(38)37-12-10-36(11-13-37)25-9-6-21-27(34-25)28(31-16-30-21)33-18-4-8-24(20(29)14-18)39-19-5-7-23-22(15-19)32-17-35(23)2/h3-9,14-17H,1,10-13H2,2H3,(H,30,31,33). The average molecular weight is 541 g/mol. The molecule has 3 aromatic heterocycles. The van der Waals surface area contributed by atoms with Gasteiger partial charge in [-0.05, 0) is 48.5 Å². The molecule has 1 amide bonds. The third kappa shape index (κ3) is 4.94. The van der Waals surface area contributed by atoms with Gasteiger partial charge < -0.3 is 24.4 Å². The number of aromatic nitrogens is 5. The number of fused-ring (bicyclic) bond motifs is 2. The summed E-state index contributed by atoms with van der Waals surface area (Å²) in [6.45, 7) is 6.16. The number of carbonyl (C=O) groups is 1. The predicted octanol–water partition coefficient (Wildman–Crippen LogP) is 4.94. The molecule has 1 aliphatic rings. The molecule has 39 heavy (non-hydrogen) atoms. The van der Waals surface area contributed by atoms with Crippen LogP contribution >= 0.6 is 11.6 Å². The van der Waals surface area contributed by atoms with Crippen LogP contribution in [0.4, 0.5) is 17.3 Å². The van der Waals surface area contributed by atoms with E-state index in [4.69, 9.17) is 21.3 Å². The second-order valence-electron chi connectivity index (χ2n) is 9.15. The van der Waals surface area contributed by atoms with Gasteiger partial charge in [-0.2, -0.15) is 0 Å². The Labute approximate surface area is 229 Å². The first-order valence-corrected chi connectivity index (χ1v) is 12.8. The molecule has 0 radical (unpaired) electrons. The lowest BCUT2D eigenvalue weighted by molar-refractivity contribution is -0.126. The Morgan fingerprint density at radius 1 is 1.03 bits per heavy atom. The van der Waals surface area contributed by atoms with E-state index in [-0.39, 0.29) is 5.91 Å². The number of halogens is 1. The maximum absolute atomic E-state index is 11.9. The molecular weight excluding hydrogens is 516 g/mol. The summed E-state index contributed by atoms with van der Waals surface area (Å²) in [7, 11) is 1.95. The van der Waals surface area contributed by atoms with Gasteiger partial charge in [-0.15, -0.1) is 0 Å². The molecule has 1 aliphatic heterocycles. The molecular formula is C28H25ClN8O2. The van der Waals surface area contributed by atoms with E-state index in [0.717, 1.165) is 22.5 Å². The van der Waals surface area contributed by atoms with E-state index in [0.29, 0.717) is 59.6 Å². The van der Waals surface area contributed by atoms with Crippen molar-refractivity contribution in [3.63, 3.8) is 0 Å². The van der Waals surface area contributed by atoms with Crippen LogP contribution in [0.1, 0.15) is 0 Å². The van der Waals surface area contributed by atoms with Crippen molar-refractivity contribution in [2.45, 2.75) is 0 Å². The number of carbonyl (C=O) groups excluding carboxylic acids is 1. The van der Waals surface area contributed by atoms with Crippen molar-refractivity contribution in [3.8, 4) is 11.5 Å². The Bertz CT molecular complexity index is 1710. The number of imidazole rings is 1. The molecule has 4 heterocycles. The number of piperazine rings is 1. The molecule has 1 fully saturated rings. The minimum atomic E-state index is -0.0506. The molecule has 0 unspecified atom stereocenters. The molecule has 0 saturated carbocycles. The normalized spacial score (nSPS) is 13.6. The van der Waals surface area contributed by atoms with Gasteiger partial charge in [0.2, 0.25) is 5.91 Å². The van der Waals surface area contributed by atoms with Gasteiger partial charge in [-0.1, -0.05) is 18.2 Å². The van der Waals surface area contributed by atoms with Gasteiger partial charge in [0.15, 0.2) is 5.82 Å². The van der Waals surface area contributed by atoms with Crippen molar-refractivity contribution in [1.82, 2.24) is 29.4 Å². The lowest BCUT2D eigenvalue weighted by atomic mass is 10.2. The molecule has 1 saturated heterocycles. The number of rotatable bonds is 6. The van der Waals surface area contributed by atoms with Crippen molar-refractivity contribution < 1.29 is 9.53 Å². The van der Waals surface area contributed by atoms with Gasteiger partial charge in [0.05, 0.1) is 27.9 Å². The Balaban J connectivity index is 1.20. The maximum Gasteiger partial charge on any atom is 0.246 e. The topological polar surface area (TPSA) is 101 Å². The molecule has 0 aliphatic carbocycles. The second-order valence-corrected chi connectivity index (χ2v) is 9.56. The van der Waals surface area contributed by atoms with E-state index >= 15 is 0 Å². The van der Waals surface area contributed by atoms with E-state index in [2.05, 4.69) is 31.7 Å². The van der Waals surface area contributed by atoms with Gasteiger partial charge in [-0.25, -0.2) is 19.9 Å². The first-order valence-electron chi connectivity index (χ1n) is 12.4. The van der Waals surface area contributed by atoms with Crippen LogP contribution in [0.5, 0.6) is 11.5 Å². The van der Waals surface area contributed by atoms with E-state index in [1.54, 1.807) is 23.4 Å². The van der Waals surface area contributed by atoms with E-state index in [9.17, 15) is 4.79 Å². The van der Waals surface area contributed by atoms with E-state index < -0.39 is 0 Å². The smallest absolute Gasteiger partial charge is 0.246 e. The molecule has 10 nitrogen and oxygen atoms in total. The number of pyridine rings is 1. The zero-order valence-corrected chi connectivity index (χ0v) is 22.0. The Morgan fingerprint density at radius 3 is 2.67 bits per heavy atom. The summed E-state index contributed by atoms with van der Waals surface area (Å²) in [5, 5.41) is 3.76. The third-order valence-corrected chi connectivity index (χ3v) is 6.97. The fourth-order valence-corrected chi connectivity index (χ4v) is 4.81. The molecule has 0 spiro atoms. The van der Waals surface area contributed by atoms with Crippen molar-refractivity contribution in [2.24, 2.45) is 7.05 Å². The number of anilines is 3.